The Morgan fingerprint density at radius 1 is 1.03 bits per heavy atom. The molecule has 1 aliphatic carbocycles. The molecule has 0 aromatic rings. The van der Waals surface area contributed by atoms with Gasteiger partial charge >= 0.3 is 0 Å². The molecule has 162 valence electrons. The first kappa shape index (κ1) is 19.6. The van der Waals surface area contributed by atoms with Crippen LogP contribution in [0.2, 0.25) is 0 Å². The molecule has 5 rings (SSSR count). The normalized spacial score (nSPS) is 34.9. The molecule has 3 saturated heterocycles. The second kappa shape index (κ2) is 7.10. The predicted molar refractivity (Wildman–Crippen MR) is 108 cm³/mol. The van der Waals surface area contributed by atoms with E-state index in [2.05, 4.69) is 5.32 Å². The number of primary amides is 1. The molecule has 4 heterocycles. The first-order valence-electron chi connectivity index (χ1n) is 11.4. The first-order chi connectivity index (χ1) is 14.4. The van der Waals surface area contributed by atoms with Gasteiger partial charge in [0.25, 0.3) is 11.8 Å². The summed E-state index contributed by atoms with van der Waals surface area (Å²) >= 11 is 0. The van der Waals surface area contributed by atoms with Gasteiger partial charge in [-0.2, -0.15) is 0 Å². The van der Waals surface area contributed by atoms with E-state index >= 15 is 0 Å². The van der Waals surface area contributed by atoms with Crippen LogP contribution >= 0.6 is 0 Å². The minimum Gasteiger partial charge on any atom is -0.368 e. The lowest BCUT2D eigenvalue weighted by molar-refractivity contribution is -0.141. The van der Waals surface area contributed by atoms with E-state index < -0.39 is 17.5 Å². The molecule has 0 aromatic heterocycles. The van der Waals surface area contributed by atoms with Gasteiger partial charge < -0.3 is 20.9 Å². The zero-order valence-electron chi connectivity index (χ0n) is 17.3. The Labute approximate surface area is 176 Å². The monoisotopic (exact) mass is 414 g/mol. The van der Waals surface area contributed by atoms with E-state index in [-0.39, 0.29) is 23.8 Å². The zero-order valence-corrected chi connectivity index (χ0v) is 17.3. The molecule has 0 aromatic carbocycles. The van der Waals surface area contributed by atoms with E-state index in [0.29, 0.717) is 43.8 Å². The van der Waals surface area contributed by atoms with Gasteiger partial charge in [0, 0.05) is 19.0 Å². The summed E-state index contributed by atoms with van der Waals surface area (Å²) in [5.41, 5.74) is 6.31. The lowest BCUT2D eigenvalue weighted by Crippen LogP contribution is -2.55. The van der Waals surface area contributed by atoms with Crippen LogP contribution in [0.25, 0.3) is 0 Å². The predicted octanol–water partition coefficient (Wildman–Crippen LogP) is 0.951. The quantitative estimate of drug-likeness (QED) is 0.716. The first-order valence-corrected chi connectivity index (χ1v) is 11.4. The number of carbonyl (C=O) groups is 4. The van der Waals surface area contributed by atoms with E-state index in [1.807, 2.05) is 0 Å². The number of hydrogen-bond acceptors (Lipinski definition) is 4. The van der Waals surface area contributed by atoms with Crippen molar-refractivity contribution < 1.29 is 19.2 Å². The Morgan fingerprint density at radius 3 is 2.47 bits per heavy atom. The van der Waals surface area contributed by atoms with E-state index in [1.165, 1.54) is 6.42 Å². The number of hydrogen-bond donors (Lipinski definition) is 2. The van der Waals surface area contributed by atoms with Crippen LogP contribution in [0, 0.1) is 5.92 Å². The number of nitrogens with zero attached hydrogens (tertiary/aromatic N) is 2. The van der Waals surface area contributed by atoms with E-state index in [1.54, 1.807) is 9.80 Å². The molecular formula is C22H30N4O4. The van der Waals surface area contributed by atoms with Gasteiger partial charge in [-0.3, -0.25) is 19.2 Å². The molecule has 4 fully saturated rings. The molecule has 1 saturated carbocycles. The molecule has 4 amide bonds. The van der Waals surface area contributed by atoms with Gasteiger partial charge in [-0.05, 0) is 56.4 Å². The molecule has 8 nitrogen and oxygen atoms in total. The minimum atomic E-state index is -0.868. The Kier molecular flexibility index (Phi) is 4.63. The summed E-state index contributed by atoms with van der Waals surface area (Å²) in [5, 5.41) is 2.88. The maximum Gasteiger partial charge on any atom is 0.271 e. The highest BCUT2D eigenvalue weighted by Gasteiger charge is 2.55. The van der Waals surface area contributed by atoms with E-state index in [4.69, 9.17) is 5.73 Å². The van der Waals surface area contributed by atoms with Crippen LogP contribution in [0.5, 0.6) is 0 Å². The third-order valence-corrected chi connectivity index (χ3v) is 7.97. The molecule has 0 unspecified atom stereocenters. The molecule has 3 N–H and O–H groups in total. The molecule has 3 atom stereocenters. The highest BCUT2D eigenvalue weighted by Crippen LogP contribution is 2.45. The SMILES string of the molecule is NC(=O)[C@@H]1CC[C@@H]2CC(C3CCCCC3)=C(N3CC[C@]4(CCC(=O)N4)C3=O)C(=O)N21. The number of amides is 4. The number of carbonyl (C=O) groups excluding carboxylic acids is 4. The Hall–Kier alpha value is -2.38. The van der Waals surface area contributed by atoms with Crippen LogP contribution in [0.15, 0.2) is 11.3 Å². The lowest BCUT2D eigenvalue weighted by atomic mass is 9.78. The van der Waals surface area contributed by atoms with Crippen LogP contribution in [-0.2, 0) is 19.2 Å². The topological polar surface area (TPSA) is 113 Å². The van der Waals surface area contributed by atoms with Gasteiger partial charge in [0.15, 0.2) is 0 Å². The minimum absolute atomic E-state index is 0.00600. The van der Waals surface area contributed by atoms with Crippen molar-refractivity contribution in [1.29, 1.82) is 0 Å². The van der Waals surface area contributed by atoms with Gasteiger partial charge in [0.1, 0.15) is 17.3 Å². The standard InChI is InChI=1S/C22H30N4O4/c23-19(28)16-7-6-14-12-15(13-4-2-1-3-5-13)18(20(29)26(14)16)25-11-10-22(21(25)30)9-8-17(27)24-22/h13-14,16H,1-12H2,(H2,23,28)(H,24,27)/t14-,16+,22-/m1/s1. The maximum atomic E-state index is 13.8. The van der Waals surface area contributed by atoms with Crippen LogP contribution in [-0.4, -0.2) is 57.6 Å². The highest BCUT2D eigenvalue weighted by molar-refractivity contribution is 6.05. The number of likely N-dealkylation sites (tertiary alicyclic amines) is 1. The van der Waals surface area contributed by atoms with Crippen LogP contribution in [0.1, 0.15) is 70.6 Å². The second-order valence-corrected chi connectivity index (χ2v) is 9.61. The van der Waals surface area contributed by atoms with Crippen molar-refractivity contribution in [3.05, 3.63) is 11.3 Å². The Morgan fingerprint density at radius 2 is 1.80 bits per heavy atom. The maximum absolute atomic E-state index is 13.8. The molecule has 1 spiro atoms. The van der Waals surface area contributed by atoms with Gasteiger partial charge in [0.2, 0.25) is 11.8 Å². The average Bonchev–Trinajstić information content (AvgIpc) is 3.42. The third-order valence-electron chi connectivity index (χ3n) is 7.97. The lowest BCUT2D eigenvalue weighted by Gasteiger charge is -2.41. The molecular weight excluding hydrogens is 384 g/mol. The molecule has 8 heteroatoms. The second-order valence-electron chi connectivity index (χ2n) is 9.61. The highest BCUT2D eigenvalue weighted by atomic mass is 16.2. The summed E-state index contributed by atoms with van der Waals surface area (Å²) < 4.78 is 0. The van der Waals surface area contributed by atoms with Crippen molar-refractivity contribution in [3.63, 3.8) is 0 Å². The Balaban J connectivity index is 1.54. The third kappa shape index (κ3) is 2.87. The van der Waals surface area contributed by atoms with E-state index in [9.17, 15) is 19.2 Å². The molecule has 5 aliphatic rings. The van der Waals surface area contributed by atoms with Crippen molar-refractivity contribution in [1.82, 2.24) is 15.1 Å². The average molecular weight is 415 g/mol. The van der Waals surface area contributed by atoms with Crippen molar-refractivity contribution >= 4 is 23.6 Å². The smallest absolute Gasteiger partial charge is 0.271 e. The van der Waals surface area contributed by atoms with Gasteiger partial charge in [0.05, 0.1) is 0 Å². The fourth-order valence-electron chi connectivity index (χ4n) is 6.43. The molecule has 30 heavy (non-hydrogen) atoms. The largest absolute Gasteiger partial charge is 0.368 e. The van der Waals surface area contributed by atoms with Crippen molar-refractivity contribution in [2.24, 2.45) is 11.7 Å². The molecule has 0 bridgehead atoms. The molecule has 4 aliphatic heterocycles. The van der Waals surface area contributed by atoms with Crippen LogP contribution in [0.3, 0.4) is 0 Å². The number of nitrogens with one attached hydrogen (secondary N) is 1. The van der Waals surface area contributed by atoms with Gasteiger partial charge in [-0.1, -0.05) is 19.3 Å². The Bertz CT molecular complexity index is 846. The van der Waals surface area contributed by atoms with Gasteiger partial charge in [-0.15, -0.1) is 0 Å². The summed E-state index contributed by atoms with van der Waals surface area (Å²) in [4.78, 5) is 54.4. The fourth-order valence-corrected chi connectivity index (χ4v) is 6.43. The van der Waals surface area contributed by atoms with Crippen molar-refractivity contribution in [3.8, 4) is 0 Å². The number of fused-ring (bicyclic) bond motifs is 1. The fraction of sp³-hybridized carbons (Fsp3) is 0.727. The summed E-state index contributed by atoms with van der Waals surface area (Å²) in [5.74, 6) is -0.648. The number of rotatable bonds is 3. The van der Waals surface area contributed by atoms with Gasteiger partial charge in [-0.25, -0.2) is 0 Å². The van der Waals surface area contributed by atoms with E-state index in [0.717, 1.165) is 44.1 Å². The van der Waals surface area contributed by atoms with Crippen LogP contribution < -0.4 is 11.1 Å². The van der Waals surface area contributed by atoms with Crippen molar-refractivity contribution in [2.45, 2.75) is 88.3 Å². The zero-order chi connectivity index (χ0) is 21.0. The number of nitrogens with two attached hydrogens (primary N) is 1. The summed E-state index contributed by atoms with van der Waals surface area (Å²) in [7, 11) is 0. The van der Waals surface area contributed by atoms with Crippen molar-refractivity contribution in [2.75, 3.05) is 6.54 Å². The molecule has 0 radical (unpaired) electrons. The summed E-state index contributed by atoms with van der Waals surface area (Å²) in [6, 6.07) is -0.600. The summed E-state index contributed by atoms with van der Waals surface area (Å²) in [6.45, 7) is 0.427. The van der Waals surface area contributed by atoms with Crippen LogP contribution in [0.4, 0.5) is 0 Å². The summed E-state index contributed by atoms with van der Waals surface area (Å²) in [6.07, 6.45) is 9.02.